The third-order valence-electron chi connectivity index (χ3n) is 4.67. The van der Waals surface area contributed by atoms with Crippen molar-refractivity contribution in [1.82, 2.24) is 10.3 Å². The third kappa shape index (κ3) is 3.89. The Labute approximate surface area is 163 Å². The molecule has 142 valence electrons. The number of pyridine rings is 1. The number of hydrogen-bond donors (Lipinski definition) is 1. The summed E-state index contributed by atoms with van der Waals surface area (Å²) in [5.41, 5.74) is 3.54. The highest BCUT2D eigenvalue weighted by molar-refractivity contribution is 5.90. The molecule has 0 saturated carbocycles. The first-order valence-electron chi connectivity index (χ1n) is 9.20. The summed E-state index contributed by atoms with van der Waals surface area (Å²) < 4.78 is 25.1. The Morgan fingerprint density at radius 3 is 2.79 bits per heavy atom. The molecule has 4 rings (SSSR count). The van der Waals surface area contributed by atoms with Crippen LogP contribution in [0.15, 0.2) is 71.3 Å². The van der Waals surface area contributed by atoms with E-state index in [1.807, 2.05) is 48.7 Å². The van der Waals surface area contributed by atoms with Crippen LogP contribution in [0.4, 0.5) is 4.39 Å². The minimum atomic E-state index is -0.290. The molecule has 2 heterocycles. The summed E-state index contributed by atoms with van der Waals surface area (Å²) in [6.07, 6.45) is 2.67. The number of benzene rings is 2. The molecule has 0 bridgehead atoms. The average molecular weight is 376 g/mol. The Morgan fingerprint density at radius 1 is 1.07 bits per heavy atom. The molecule has 4 aromatic rings. The van der Waals surface area contributed by atoms with Gasteiger partial charge in [0, 0.05) is 42.4 Å². The molecule has 0 atom stereocenters. The van der Waals surface area contributed by atoms with Gasteiger partial charge in [0.05, 0.1) is 7.11 Å². The first kappa shape index (κ1) is 18.2. The number of halogens is 1. The second kappa shape index (κ2) is 8.23. The molecule has 28 heavy (non-hydrogen) atoms. The van der Waals surface area contributed by atoms with Crippen LogP contribution in [0.3, 0.4) is 0 Å². The Morgan fingerprint density at radius 2 is 2.00 bits per heavy atom. The van der Waals surface area contributed by atoms with Crippen molar-refractivity contribution in [3.8, 4) is 17.1 Å². The molecular formula is C23H21FN2O2. The molecule has 0 unspecified atom stereocenters. The molecule has 4 nitrogen and oxygen atoms in total. The van der Waals surface area contributed by atoms with Gasteiger partial charge in [-0.15, -0.1) is 0 Å². The molecule has 0 radical (unpaired) electrons. The second-order valence-corrected chi connectivity index (χ2v) is 6.54. The summed E-state index contributed by atoms with van der Waals surface area (Å²) in [7, 11) is 1.62. The molecule has 0 aliphatic carbocycles. The lowest BCUT2D eigenvalue weighted by molar-refractivity contribution is 0.410. The zero-order valence-electron chi connectivity index (χ0n) is 15.6. The van der Waals surface area contributed by atoms with E-state index in [1.54, 1.807) is 13.2 Å². The SMILES string of the molecule is COc1ccc(CNCCc2ccccn2)c2cc(-c3cccc(F)c3)oc12. The molecule has 2 aromatic carbocycles. The highest BCUT2D eigenvalue weighted by atomic mass is 19.1. The van der Waals surface area contributed by atoms with Crippen molar-refractivity contribution in [1.29, 1.82) is 0 Å². The number of fused-ring (bicyclic) bond motifs is 1. The van der Waals surface area contributed by atoms with E-state index >= 15 is 0 Å². The smallest absolute Gasteiger partial charge is 0.176 e. The monoisotopic (exact) mass is 376 g/mol. The Bertz CT molecular complexity index is 1080. The number of nitrogens with one attached hydrogen (secondary N) is 1. The number of methoxy groups -OCH3 is 1. The van der Waals surface area contributed by atoms with Gasteiger partial charge in [-0.25, -0.2) is 4.39 Å². The van der Waals surface area contributed by atoms with Gasteiger partial charge in [-0.1, -0.05) is 24.3 Å². The maximum atomic E-state index is 13.6. The Hall–Kier alpha value is -3.18. The first-order chi connectivity index (χ1) is 13.7. The highest BCUT2D eigenvalue weighted by Crippen LogP contribution is 2.35. The fourth-order valence-electron chi connectivity index (χ4n) is 3.24. The zero-order valence-corrected chi connectivity index (χ0v) is 15.6. The van der Waals surface area contributed by atoms with Gasteiger partial charge in [0.2, 0.25) is 0 Å². The van der Waals surface area contributed by atoms with E-state index < -0.39 is 0 Å². The van der Waals surface area contributed by atoms with E-state index in [1.165, 1.54) is 12.1 Å². The zero-order chi connectivity index (χ0) is 19.3. The summed E-state index contributed by atoms with van der Waals surface area (Å²) in [6.45, 7) is 1.51. The number of aromatic nitrogens is 1. The lowest BCUT2D eigenvalue weighted by atomic mass is 10.1. The van der Waals surface area contributed by atoms with Crippen molar-refractivity contribution in [2.45, 2.75) is 13.0 Å². The predicted octanol–water partition coefficient (Wildman–Crippen LogP) is 4.97. The van der Waals surface area contributed by atoms with Crippen molar-refractivity contribution in [2.24, 2.45) is 0 Å². The van der Waals surface area contributed by atoms with Crippen LogP contribution in [-0.2, 0) is 13.0 Å². The van der Waals surface area contributed by atoms with Gasteiger partial charge in [0.1, 0.15) is 11.6 Å². The number of hydrogen-bond acceptors (Lipinski definition) is 4. The highest BCUT2D eigenvalue weighted by Gasteiger charge is 2.14. The molecule has 2 aromatic heterocycles. The Kier molecular flexibility index (Phi) is 5.35. The molecule has 0 aliphatic rings. The van der Waals surface area contributed by atoms with Crippen LogP contribution < -0.4 is 10.1 Å². The van der Waals surface area contributed by atoms with Gasteiger partial charge in [-0.3, -0.25) is 4.98 Å². The summed E-state index contributed by atoms with van der Waals surface area (Å²) in [5.74, 6) is 0.991. The maximum Gasteiger partial charge on any atom is 0.176 e. The molecule has 0 amide bonds. The van der Waals surface area contributed by atoms with Gasteiger partial charge in [-0.2, -0.15) is 0 Å². The van der Waals surface area contributed by atoms with Crippen LogP contribution in [0.1, 0.15) is 11.3 Å². The normalized spacial score (nSPS) is 11.1. The fraction of sp³-hybridized carbons (Fsp3) is 0.174. The van der Waals surface area contributed by atoms with Crippen molar-refractivity contribution in [3.05, 3.63) is 83.9 Å². The lowest BCUT2D eigenvalue weighted by Gasteiger charge is -2.08. The van der Waals surface area contributed by atoms with Crippen LogP contribution in [0, 0.1) is 5.82 Å². The van der Waals surface area contributed by atoms with Crippen LogP contribution in [0.25, 0.3) is 22.3 Å². The summed E-state index contributed by atoms with van der Waals surface area (Å²) in [4.78, 5) is 4.34. The van der Waals surface area contributed by atoms with Crippen molar-refractivity contribution in [2.75, 3.05) is 13.7 Å². The predicted molar refractivity (Wildman–Crippen MR) is 108 cm³/mol. The van der Waals surface area contributed by atoms with Gasteiger partial charge < -0.3 is 14.5 Å². The molecular weight excluding hydrogens is 355 g/mol. The minimum Gasteiger partial charge on any atom is -0.493 e. The number of furan rings is 1. The largest absolute Gasteiger partial charge is 0.493 e. The summed E-state index contributed by atoms with van der Waals surface area (Å²) in [6, 6.07) is 18.2. The topological polar surface area (TPSA) is 47.3 Å². The number of rotatable bonds is 7. The molecule has 0 saturated heterocycles. The average Bonchev–Trinajstić information content (AvgIpc) is 3.18. The standard InChI is InChI=1S/C23H21FN2O2/c1-27-21-9-8-17(15-25-12-10-19-7-2-3-11-26-19)20-14-22(28-23(20)21)16-5-4-6-18(24)13-16/h2-9,11,13-14,25H,10,12,15H2,1H3. The molecule has 1 N–H and O–H groups in total. The van der Waals surface area contributed by atoms with Gasteiger partial charge in [0.15, 0.2) is 11.3 Å². The van der Waals surface area contributed by atoms with Crippen molar-refractivity contribution < 1.29 is 13.5 Å². The second-order valence-electron chi connectivity index (χ2n) is 6.54. The van der Waals surface area contributed by atoms with Crippen LogP contribution in [0.2, 0.25) is 0 Å². The summed E-state index contributed by atoms with van der Waals surface area (Å²) in [5, 5.41) is 4.42. The first-order valence-corrected chi connectivity index (χ1v) is 9.20. The van der Waals surface area contributed by atoms with E-state index in [2.05, 4.69) is 10.3 Å². The van der Waals surface area contributed by atoms with E-state index in [0.717, 1.165) is 29.6 Å². The fourth-order valence-corrected chi connectivity index (χ4v) is 3.24. The van der Waals surface area contributed by atoms with Crippen molar-refractivity contribution >= 4 is 11.0 Å². The van der Waals surface area contributed by atoms with Gasteiger partial charge in [-0.05, 0) is 42.0 Å². The lowest BCUT2D eigenvalue weighted by Crippen LogP contribution is -2.17. The van der Waals surface area contributed by atoms with Crippen molar-refractivity contribution in [3.63, 3.8) is 0 Å². The van der Waals surface area contributed by atoms with Crippen LogP contribution in [-0.4, -0.2) is 18.6 Å². The number of ether oxygens (including phenoxy) is 1. The maximum absolute atomic E-state index is 13.6. The molecule has 0 aliphatic heterocycles. The minimum absolute atomic E-state index is 0.290. The molecule has 5 heteroatoms. The summed E-state index contributed by atoms with van der Waals surface area (Å²) >= 11 is 0. The van der Waals surface area contributed by atoms with E-state index in [4.69, 9.17) is 9.15 Å². The number of nitrogens with zero attached hydrogens (tertiary/aromatic N) is 1. The van der Waals surface area contributed by atoms with Crippen LogP contribution >= 0.6 is 0 Å². The molecule has 0 fully saturated rings. The van der Waals surface area contributed by atoms with E-state index in [9.17, 15) is 4.39 Å². The Balaban J connectivity index is 1.56. The van der Waals surface area contributed by atoms with Gasteiger partial charge >= 0.3 is 0 Å². The van der Waals surface area contributed by atoms with Crippen LogP contribution in [0.5, 0.6) is 5.75 Å². The quantitative estimate of drug-likeness (QED) is 0.463. The van der Waals surface area contributed by atoms with E-state index in [-0.39, 0.29) is 5.82 Å². The van der Waals surface area contributed by atoms with E-state index in [0.29, 0.717) is 29.2 Å². The van der Waals surface area contributed by atoms with Gasteiger partial charge in [0.25, 0.3) is 0 Å². The third-order valence-corrected chi connectivity index (χ3v) is 4.67. The molecule has 0 spiro atoms.